The Labute approximate surface area is 182 Å². The van der Waals surface area contributed by atoms with Crippen molar-refractivity contribution in [2.45, 2.75) is 31.9 Å². The highest BCUT2D eigenvalue weighted by molar-refractivity contribution is 7.94. The van der Waals surface area contributed by atoms with Gasteiger partial charge in [0, 0.05) is 18.8 Å². The molecule has 1 N–H and O–H groups in total. The lowest BCUT2D eigenvalue weighted by Crippen LogP contribution is -2.43. The Balaban J connectivity index is 1.96. The summed E-state index contributed by atoms with van der Waals surface area (Å²) < 4.78 is 29.9. The van der Waals surface area contributed by atoms with Gasteiger partial charge in [0.1, 0.15) is 5.69 Å². The van der Waals surface area contributed by atoms with Gasteiger partial charge in [-0.05, 0) is 31.0 Å². The Hall–Kier alpha value is -3.13. The third-order valence-corrected chi connectivity index (χ3v) is 7.52. The van der Waals surface area contributed by atoms with Crippen LogP contribution in [0.4, 0.5) is 11.8 Å². The molecular weight excluding hydrogens is 412 g/mol. The Bertz CT molecular complexity index is 1170. The van der Waals surface area contributed by atoms with Crippen LogP contribution in [0.5, 0.6) is 0 Å². The molecule has 0 saturated heterocycles. The molecule has 0 aliphatic carbocycles. The van der Waals surface area contributed by atoms with Crippen LogP contribution in [0.25, 0.3) is 5.69 Å². The van der Waals surface area contributed by atoms with E-state index in [1.165, 1.54) is 4.31 Å². The second-order valence-corrected chi connectivity index (χ2v) is 9.37. The molecule has 2 aromatic carbocycles. The molecule has 3 aromatic rings. The van der Waals surface area contributed by atoms with E-state index in [4.69, 9.17) is 0 Å². The maximum atomic E-state index is 13.7. The van der Waals surface area contributed by atoms with Gasteiger partial charge in [-0.25, -0.2) is 8.42 Å². The number of unbranched alkanes of at least 4 members (excludes halogenated alkanes) is 1. The third-order valence-electron chi connectivity index (χ3n) is 5.39. The Morgan fingerprint density at radius 3 is 2.26 bits per heavy atom. The molecular formula is C23H26N4O3S. The zero-order chi connectivity index (χ0) is 22.0. The summed E-state index contributed by atoms with van der Waals surface area (Å²) in [6.45, 7) is 4.71. The number of sulfonamides is 1. The second-order valence-electron chi connectivity index (χ2n) is 7.42. The van der Waals surface area contributed by atoms with Crippen LogP contribution in [0, 0.1) is 0 Å². The first kappa shape index (κ1) is 21.1. The van der Waals surface area contributed by atoms with E-state index >= 15 is 0 Å². The molecule has 7 nitrogen and oxygen atoms in total. The SMILES string of the molecule is CCCCNc1nc2c(n1-c1ccccc1)C(=O)C(c1ccccc1)S(=O)(=O)N2CC. The van der Waals surface area contributed by atoms with Gasteiger partial charge in [-0.3, -0.25) is 13.7 Å². The van der Waals surface area contributed by atoms with Crippen LogP contribution in [-0.4, -0.2) is 36.8 Å². The van der Waals surface area contributed by atoms with Gasteiger partial charge in [0.2, 0.25) is 11.7 Å². The zero-order valence-corrected chi connectivity index (χ0v) is 18.5. The summed E-state index contributed by atoms with van der Waals surface area (Å²) in [6.07, 6.45) is 1.94. The maximum Gasteiger partial charge on any atom is 0.251 e. The third kappa shape index (κ3) is 3.61. The van der Waals surface area contributed by atoms with Crippen LogP contribution in [0.15, 0.2) is 60.7 Å². The number of carbonyl (C=O) groups is 1. The molecule has 162 valence electrons. The Morgan fingerprint density at radius 2 is 1.65 bits per heavy atom. The van der Waals surface area contributed by atoms with E-state index in [-0.39, 0.29) is 18.1 Å². The zero-order valence-electron chi connectivity index (χ0n) is 17.7. The highest BCUT2D eigenvalue weighted by Gasteiger charge is 2.48. The number of ketones is 1. The minimum Gasteiger partial charge on any atom is -0.355 e. The summed E-state index contributed by atoms with van der Waals surface area (Å²) in [5.74, 6) is 0.189. The highest BCUT2D eigenvalue weighted by Crippen LogP contribution is 2.42. The number of para-hydroxylation sites is 1. The molecule has 1 atom stereocenters. The molecule has 31 heavy (non-hydrogen) atoms. The van der Waals surface area contributed by atoms with Crippen molar-refractivity contribution in [1.82, 2.24) is 9.55 Å². The van der Waals surface area contributed by atoms with Crippen molar-refractivity contribution in [2.24, 2.45) is 0 Å². The van der Waals surface area contributed by atoms with Crippen molar-refractivity contribution in [1.29, 1.82) is 0 Å². The predicted octanol–water partition coefficient (Wildman–Crippen LogP) is 4.18. The first-order chi connectivity index (χ1) is 15.0. The number of imidazole rings is 1. The molecule has 0 spiro atoms. The molecule has 0 amide bonds. The van der Waals surface area contributed by atoms with Crippen molar-refractivity contribution in [3.63, 3.8) is 0 Å². The minimum atomic E-state index is -3.96. The van der Waals surface area contributed by atoms with E-state index in [9.17, 15) is 13.2 Å². The standard InChI is InChI=1S/C23H26N4O3S/c1-3-5-16-24-23-25-22-19(27(23)18-14-10-7-11-15-18)20(28)21(17-12-8-6-9-13-17)31(29,30)26(22)4-2/h6-15,21H,3-5,16H2,1-2H3,(H,24,25). The van der Waals surface area contributed by atoms with E-state index in [2.05, 4.69) is 17.2 Å². The summed E-state index contributed by atoms with van der Waals surface area (Å²) in [4.78, 5) is 18.3. The monoisotopic (exact) mass is 438 g/mol. The average Bonchev–Trinajstić information content (AvgIpc) is 3.14. The number of nitrogens with zero attached hydrogens (tertiary/aromatic N) is 3. The van der Waals surface area contributed by atoms with Crippen LogP contribution in [0.2, 0.25) is 0 Å². The van der Waals surface area contributed by atoms with Crippen LogP contribution in [-0.2, 0) is 10.0 Å². The number of rotatable bonds is 7. The molecule has 1 aliphatic rings. The summed E-state index contributed by atoms with van der Waals surface area (Å²) in [7, 11) is -3.96. The largest absolute Gasteiger partial charge is 0.355 e. The summed E-state index contributed by atoms with van der Waals surface area (Å²) in [5.41, 5.74) is 1.50. The Kier molecular flexibility index (Phi) is 5.82. The van der Waals surface area contributed by atoms with Crippen LogP contribution in [0.1, 0.15) is 48.0 Å². The van der Waals surface area contributed by atoms with Crippen LogP contribution < -0.4 is 9.62 Å². The summed E-state index contributed by atoms with van der Waals surface area (Å²) >= 11 is 0. The fraction of sp³-hybridized carbons (Fsp3) is 0.304. The van der Waals surface area contributed by atoms with Gasteiger partial charge >= 0.3 is 0 Å². The van der Waals surface area contributed by atoms with E-state index < -0.39 is 21.1 Å². The van der Waals surface area contributed by atoms with E-state index in [1.54, 1.807) is 41.8 Å². The fourth-order valence-corrected chi connectivity index (χ4v) is 5.78. The van der Waals surface area contributed by atoms with Gasteiger partial charge in [-0.15, -0.1) is 0 Å². The van der Waals surface area contributed by atoms with Crippen molar-refractivity contribution in [3.8, 4) is 5.69 Å². The van der Waals surface area contributed by atoms with Crippen molar-refractivity contribution < 1.29 is 13.2 Å². The van der Waals surface area contributed by atoms with Gasteiger partial charge < -0.3 is 5.32 Å². The van der Waals surface area contributed by atoms with Gasteiger partial charge in [0.25, 0.3) is 10.0 Å². The van der Waals surface area contributed by atoms with Crippen LogP contribution in [0.3, 0.4) is 0 Å². The van der Waals surface area contributed by atoms with Crippen molar-refractivity contribution in [3.05, 3.63) is 71.9 Å². The normalized spacial score (nSPS) is 17.4. The predicted molar refractivity (Wildman–Crippen MR) is 122 cm³/mol. The van der Waals surface area contributed by atoms with Gasteiger partial charge in [0.05, 0.1) is 0 Å². The lowest BCUT2D eigenvalue weighted by molar-refractivity contribution is 0.0978. The van der Waals surface area contributed by atoms with E-state index in [0.29, 0.717) is 18.1 Å². The number of anilines is 2. The molecule has 0 saturated carbocycles. The number of benzene rings is 2. The molecule has 0 fully saturated rings. The molecule has 1 aliphatic heterocycles. The molecule has 8 heteroatoms. The first-order valence-electron chi connectivity index (χ1n) is 10.5. The Morgan fingerprint density at radius 1 is 1.00 bits per heavy atom. The number of Topliss-reactive ketones (excluding diaryl/α,β-unsaturated/α-hetero) is 1. The number of nitrogens with one attached hydrogen (secondary N) is 1. The maximum absolute atomic E-state index is 13.7. The number of aromatic nitrogens is 2. The fourth-order valence-electron chi connectivity index (χ4n) is 3.92. The topological polar surface area (TPSA) is 84.3 Å². The van der Waals surface area contributed by atoms with Gasteiger partial charge in [-0.2, -0.15) is 4.98 Å². The molecule has 1 aromatic heterocycles. The summed E-state index contributed by atoms with van der Waals surface area (Å²) in [6, 6.07) is 18.1. The molecule has 0 radical (unpaired) electrons. The summed E-state index contributed by atoms with van der Waals surface area (Å²) in [5, 5.41) is 1.99. The van der Waals surface area contributed by atoms with E-state index in [1.807, 2.05) is 30.3 Å². The second kappa shape index (κ2) is 8.55. The van der Waals surface area contributed by atoms with Crippen molar-refractivity contribution in [2.75, 3.05) is 22.7 Å². The molecule has 1 unspecified atom stereocenters. The average molecular weight is 439 g/mol. The number of carbonyl (C=O) groups excluding carboxylic acids is 1. The minimum absolute atomic E-state index is 0.183. The first-order valence-corrected chi connectivity index (χ1v) is 12.0. The lowest BCUT2D eigenvalue weighted by atomic mass is 10.1. The molecule has 4 rings (SSSR count). The number of fused-ring (bicyclic) bond motifs is 1. The van der Waals surface area contributed by atoms with Crippen molar-refractivity contribution >= 4 is 27.6 Å². The number of hydrogen-bond acceptors (Lipinski definition) is 5. The quantitative estimate of drug-likeness (QED) is 0.560. The lowest BCUT2D eigenvalue weighted by Gasteiger charge is -2.31. The van der Waals surface area contributed by atoms with Crippen LogP contribution >= 0.6 is 0 Å². The van der Waals surface area contributed by atoms with Gasteiger partial charge in [0.15, 0.2) is 11.1 Å². The number of hydrogen-bond donors (Lipinski definition) is 1. The van der Waals surface area contributed by atoms with Gasteiger partial charge in [-0.1, -0.05) is 61.9 Å². The van der Waals surface area contributed by atoms with E-state index in [0.717, 1.165) is 18.5 Å². The highest BCUT2D eigenvalue weighted by atomic mass is 32.2. The smallest absolute Gasteiger partial charge is 0.251 e. The molecule has 2 heterocycles. The molecule has 0 bridgehead atoms.